The van der Waals surface area contributed by atoms with Crippen LogP contribution in [0, 0.1) is 18.3 Å². The third kappa shape index (κ3) is 5.13. The molecule has 0 fully saturated rings. The first-order valence-electron chi connectivity index (χ1n) is 10.6. The first-order valence-corrected chi connectivity index (χ1v) is 11.4. The average Bonchev–Trinajstić information content (AvgIpc) is 3.36. The Morgan fingerprint density at radius 1 is 1.21 bits per heavy atom. The van der Waals surface area contributed by atoms with Crippen molar-refractivity contribution < 1.29 is 9.53 Å². The molecule has 0 saturated heterocycles. The lowest BCUT2D eigenvalue weighted by atomic mass is 10.2. The maximum atomic E-state index is 13.0. The SMILES string of the molecule is CCn1nc(C)cc1C(=O)Nc1nc2cc(C#N)ccc2n1CCOCc1ccc(Br)cc1. The number of anilines is 1. The summed E-state index contributed by atoms with van der Waals surface area (Å²) in [5.41, 5.74) is 4.28. The van der Waals surface area contributed by atoms with Crippen LogP contribution in [0.5, 0.6) is 0 Å². The van der Waals surface area contributed by atoms with Gasteiger partial charge in [0, 0.05) is 17.6 Å². The number of ether oxygens (including phenoxy) is 1. The van der Waals surface area contributed by atoms with E-state index in [4.69, 9.17) is 4.74 Å². The Balaban J connectivity index is 1.55. The Bertz CT molecular complexity index is 1330. The molecular formula is C24H23BrN6O2. The van der Waals surface area contributed by atoms with Crippen LogP contribution in [0.2, 0.25) is 0 Å². The van der Waals surface area contributed by atoms with E-state index in [9.17, 15) is 10.1 Å². The summed E-state index contributed by atoms with van der Waals surface area (Å²) in [6.45, 7) is 5.77. The minimum absolute atomic E-state index is 0.287. The zero-order chi connectivity index (χ0) is 23.4. The monoisotopic (exact) mass is 506 g/mol. The second kappa shape index (κ2) is 9.98. The van der Waals surface area contributed by atoms with Crippen molar-refractivity contribution in [2.24, 2.45) is 0 Å². The molecule has 2 heterocycles. The minimum Gasteiger partial charge on any atom is -0.375 e. The number of nitrogens with one attached hydrogen (secondary N) is 1. The molecule has 9 heteroatoms. The number of carbonyl (C=O) groups is 1. The smallest absolute Gasteiger partial charge is 0.276 e. The second-order valence-corrected chi connectivity index (χ2v) is 8.44. The van der Waals surface area contributed by atoms with Crippen molar-refractivity contribution in [3.8, 4) is 6.07 Å². The summed E-state index contributed by atoms with van der Waals surface area (Å²) in [4.78, 5) is 17.6. The van der Waals surface area contributed by atoms with Crippen molar-refractivity contribution in [1.29, 1.82) is 5.26 Å². The Labute approximate surface area is 199 Å². The van der Waals surface area contributed by atoms with Gasteiger partial charge in [-0.25, -0.2) is 4.98 Å². The number of benzene rings is 2. The molecule has 0 saturated carbocycles. The van der Waals surface area contributed by atoms with E-state index in [-0.39, 0.29) is 5.91 Å². The fourth-order valence-electron chi connectivity index (χ4n) is 3.58. The van der Waals surface area contributed by atoms with Crippen molar-refractivity contribution in [1.82, 2.24) is 19.3 Å². The Morgan fingerprint density at radius 3 is 2.73 bits per heavy atom. The summed E-state index contributed by atoms with van der Waals surface area (Å²) >= 11 is 3.43. The summed E-state index contributed by atoms with van der Waals surface area (Å²) in [5.74, 6) is 0.115. The van der Waals surface area contributed by atoms with Crippen LogP contribution < -0.4 is 5.32 Å². The fraction of sp³-hybridized carbons (Fsp3) is 0.250. The first-order chi connectivity index (χ1) is 16.0. The van der Waals surface area contributed by atoms with Gasteiger partial charge in [0.1, 0.15) is 5.69 Å². The van der Waals surface area contributed by atoms with Crippen molar-refractivity contribution in [2.45, 2.75) is 33.5 Å². The summed E-state index contributed by atoms with van der Waals surface area (Å²) in [5, 5.41) is 16.5. The number of carbonyl (C=O) groups excluding carboxylic acids is 1. The molecule has 0 bridgehead atoms. The molecule has 8 nitrogen and oxygen atoms in total. The molecule has 0 aliphatic carbocycles. The molecule has 33 heavy (non-hydrogen) atoms. The maximum absolute atomic E-state index is 13.0. The third-order valence-corrected chi connectivity index (χ3v) is 5.71. The van der Waals surface area contributed by atoms with Gasteiger partial charge in [-0.2, -0.15) is 10.4 Å². The number of rotatable bonds is 8. The number of nitrogens with zero attached hydrogens (tertiary/aromatic N) is 5. The third-order valence-electron chi connectivity index (χ3n) is 5.18. The quantitative estimate of drug-likeness (QED) is 0.350. The predicted molar refractivity (Wildman–Crippen MR) is 129 cm³/mol. The molecule has 0 atom stereocenters. The van der Waals surface area contributed by atoms with E-state index in [0.29, 0.717) is 49.0 Å². The van der Waals surface area contributed by atoms with Gasteiger partial charge in [-0.05, 0) is 55.8 Å². The maximum Gasteiger partial charge on any atom is 0.276 e. The van der Waals surface area contributed by atoms with Gasteiger partial charge >= 0.3 is 0 Å². The van der Waals surface area contributed by atoms with Crippen LogP contribution in [0.15, 0.2) is 53.0 Å². The van der Waals surface area contributed by atoms with Gasteiger partial charge in [0.15, 0.2) is 0 Å². The highest BCUT2D eigenvalue weighted by atomic mass is 79.9. The molecule has 0 aliphatic rings. The van der Waals surface area contributed by atoms with E-state index in [0.717, 1.165) is 21.2 Å². The molecule has 2 aromatic heterocycles. The molecular weight excluding hydrogens is 484 g/mol. The fourth-order valence-corrected chi connectivity index (χ4v) is 3.85. The van der Waals surface area contributed by atoms with E-state index in [2.05, 4.69) is 37.4 Å². The molecule has 0 spiro atoms. The number of amides is 1. The predicted octanol–water partition coefficient (Wildman–Crippen LogP) is 4.66. The van der Waals surface area contributed by atoms with Crippen LogP contribution >= 0.6 is 15.9 Å². The van der Waals surface area contributed by atoms with Gasteiger partial charge in [0.25, 0.3) is 5.91 Å². The number of halogens is 1. The van der Waals surface area contributed by atoms with Crippen LogP contribution in [-0.4, -0.2) is 31.8 Å². The number of hydrogen-bond donors (Lipinski definition) is 1. The summed E-state index contributed by atoms with van der Waals surface area (Å²) in [6, 6.07) is 17.1. The van der Waals surface area contributed by atoms with Crippen molar-refractivity contribution in [3.63, 3.8) is 0 Å². The first kappa shape index (κ1) is 22.7. The number of nitriles is 1. The number of aryl methyl sites for hydroxylation is 2. The average molecular weight is 507 g/mol. The topological polar surface area (TPSA) is 97.8 Å². The summed E-state index contributed by atoms with van der Waals surface area (Å²) < 4.78 is 10.4. The Morgan fingerprint density at radius 2 is 2.00 bits per heavy atom. The lowest BCUT2D eigenvalue weighted by Gasteiger charge is -2.11. The number of hydrogen-bond acceptors (Lipinski definition) is 5. The molecule has 4 rings (SSSR count). The highest BCUT2D eigenvalue weighted by Crippen LogP contribution is 2.22. The van der Waals surface area contributed by atoms with E-state index in [1.54, 1.807) is 22.9 Å². The van der Waals surface area contributed by atoms with Gasteiger partial charge in [-0.1, -0.05) is 28.1 Å². The van der Waals surface area contributed by atoms with Crippen LogP contribution in [0.4, 0.5) is 5.95 Å². The second-order valence-electron chi connectivity index (χ2n) is 7.52. The zero-order valence-corrected chi connectivity index (χ0v) is 20.0. The summed E-state index contributed by atoms with van der Waals surface area (Å²) in [7, 11) is 0. The molecule has 0 radical (unpaired) electrons. The number of aromatic nitrogens is 4. The molecule has 0 unspecified atom stereocenters. The van der Waals surface area contributed by atoms with Gasteiger partial charge in [-0.3, -0.25) is 14.8 Å². The van der Waals surface area contributed by atoms with E-state index in [1.165, 1.54) is 0 Å². The number of fused-ring (bicyclic) bond motifs is 1. The van der Waals surface area contributed by atoms with Gasteiger partial charge < -0.3 is 9.30 Å². The van der Waals surface area contributed by atoms with E-state index < -0.39 is 0 Å². The molecule has 2 aromatic carbocycles. The normalized spacial score (nSPS) is 11.0. The lowest BCUT2D eigenvalue weighted by molar-refractivity contribution is 0.101. The van der Waals surface area contributed by atoms with Crippen molar-refractivity contribution in [3.05, 3.63) is 75.5 Å². The Kier molecular flexibility index (Phi) is 6.87. The van der Waals surface area contributed by atoms with Crippen molar-refractivity contribution >= 4 is 38.8 Å². The van der Waals surface area contributed by atoms with Crippen LogP contribution in [0.1, 0.15) is 34.2 Å². The number of imidazole rings is 1. The lowest BCUT2D eigenvalue weighted by Crippen LogP contribution is -2.20. The van der Waals surface area contributed by atoms with Gasteiger partial charge in [-0.15, -0.1) is 0 Å². The van der Waals surface area contributed by atoms with Crippen molar-refractivity contribution in [2.75, 3.05) is 11.9 Å². The highest BCUT2D eigenvalue weighted by molar-refractivity contribution is 9.10. The zero-order valence-electron chi connectivity index (χ0n) is 18.4. The van der Waals surface area contributed by atoms with Crippen LogP contribution in [0.3, 0.4) is 0 Å². The highest BCUT2D eigenvalue weighted by Gasteiger charge is 2.18. The molecule has 4 aromatic rings. The molecule has 168 valence electrons. The minimum atomic E-state index is -0.287. The largest absolute Gasteiger partial charge is 0.375 e. The molecule has 1 amide bonds. The summed E-state index contributed by atoms with van der Waals surface area (Å²) in [6.07, 6.45) is 0. The molecule has 0 aliphatic heterocycles. The van der Waals surface area contributed by atoms with Crippen LogP contribution in [-0.2, 0) is 24.4 Å². The van der Waals surface area contributed by atoms with E-state index >= 15 is 0 Å². The van der Waals surface area contributed by atoms with Crippen LogP contribution in [0.25, 0.3) is 11.0 Å². The van der Waals surface area contributed by atoms with Gasteiger partial charge in [0.05, 0.1) is 41.6 Å². The van der Waals surface area contributed by atoms with E-state index in [1.807, 2.05) is 48.7 Å². The standard InChI is InChI=1S/C24H23BrN6O2/c1-3-31-22(12-16(2)29-31)23(32)28-24-27-20-13-18(14-26)6-9-21(20)30(24)10-11-33-15-17-4-7-19(25)8-5-17/h4-9,12-13H,3,10-11,15H2,1-2H3,(H,27,28,32). The molecule has 1 N–H and O–H groups in total. The van der Waals surface area contributed by atoms with Gasteiger partial charge in [0.2, 0.25) is 5.95 Å². The Hall–Kier alpha value is -3.48.